The first-order valence-electron chi connectivity index (χ1n) is 16.7. The molecule has 43 heavy (non-hydrogen) atoms. The minimum atomic E-state index is -0.291. The molecule has 2 aliphatic carbocycles. The molecule has 2 nitrogen and oxygen atoms in total. The lowest BCUT2D eigenvalue weighted by atomic mass is 9.62. The van der Waals surface area contributed by atoms with Crippen LogP contribution in [0.25, 0.3) is 0 Å². The van der Waals surface area contributed by atoms with Gasteiger partial charge in [0.15, 0.2) is 11.6 Å². The predicted molar refractivity (Wildman–Crippen MR) is 190 cm³/mol. The van der Waals surface area contributed by atoms with Crippen molar-refractivity contribution in [2.45, 2.75) is 134 Å². The zero-order valence-corrected chi connectivity index (χ0v) is 30.1. The van der Waals surface area contributed by atoms with Crippen LogP contribution in [0.4, 0.5) is 0 Å². The summed E-state index contributed by atoms with van der Waals surface area (Å²) < 4.78 is 0. The molecule has 1 atom stereocenters. The van der Waals surface area contributed by atoms with Gasteiger partial charge >= 0.3 is 0 Å². The SMILES string of the molecule is C=C/C(=C\C=C1\CC(C)(C)CCC(CC)C1=C)C(=O)CC(=O)C(=C)C=C=CC1=C(CC)C(C)(C)CCC1(C)C.CC.CC. The highest BCUT2D eigenvalue weighted by Gasteiger charge is 2.37. The fraction of sp³-hybridized carbons (Fsp3) is 0.585. The van der Waals surface area contributed by atoms with Gasteiger partial charge < -0.3 is 0 Å². The Morgan fingerprint density at radius 3 is 2.05 bits per heavy atom. The quantitative estimate of drug-likeness (QED) is 0.0836. The highest BCUT2D eigenvalue weighted by molar-refractivity contribution is 6.14. The van der Waals surface area contributed by atoms with Crippen LogP contribution in [0.2, 0.25) is 0 Å². The van der Waals surface area contributed by atoms with Crippen molar-refractivity contribution >= 4 is 11.6 Å². The van der Waals surface area contributed by atoms with Crippen molar-refractivity contribution < 1.29 is 9.59 Å². The van der Waals surface area contributed by atoms with Crippen LogP contribution >= 0.6 is 0 Å². The lowest BCUT2D eigenvalue weighted by Crippen LogP contribution is -2.30. The number of hydrogen-bond donors (Lipinski definition) is 0. The molecule has 0 radical (unpaired) electrons. The Balaban J connectivity index is 0.00000422. The van der Waals surface area contributed by atoms with Crippen molar-refractivity contribution in [1.29, 1.82) is 0 Å². The molecule has 2 rings (SSSR count). The lowest BCUT2D eigenvalue weighted by Gasteiger charge is -2.42. The van der Waals surface area contributed by atoms with Gasteiger partial charge in [-0.25, -0.2) is 0 Å². The normalized spacial score (nSPS) is 21.6. The van der Waals surface area contributed by atoms with E-state index >= 15 is 0 Å². The Morgan fingerprint density at radius 2 is 1.51 bits per heavy atom. The van der Waals surface area contributed by atoms with E-state index in [1.807, 2.05) is 39.8 Å². The van der Waals surface area contributed by atoms with Crippen molar-refractivity contribution in [3.8, 4) is 0 Å². The van der Waals surface area contributed by atoms with E-state index in [0.29, 0.717) is 11.5 Å². The van der Waals surface area contributed by atoms with Gasteiger partial charge in [0.1, 0.15) is 0 Å². The van der Waals surface area contributed by atoms with Crippen LogP contribution in [0.5, 0.6) is 0 Å². The van der Waals surface area contributed by atoms with Gasteiger partial charge in [-0.2, -0.15) is 0 Å². The van der Waals surface area contributed by atoms with Crippen molar-refractivity contribution in [1.82, 2.24) is 0 Å². The van der Waals surface area contributed by atoms with E-state index in [0.717, 1.165) is 38.5 Å². The summed E-state index contributed by atoms with van der Waals surface area (Å²) in [7, 11) is 0. The average molecular weight is 589 g/mol. The molecule has 0 aliphatic heterocycles. The second kappa shape index (κ2) is 18.2. The maximum atomic E-state index is 13.0. The molecule has 2 aliphatic rings. The number of Topliss-reactive ketones (excluding diaryl/α,β-unsaturated/α-hetero) is 2. The molecule has 1 unspecified atom stereocenters. The standard InChI is InChI=1S/C37H52O2.2C2H6/c1-12-28-20-21-35(6,7)25-30(27(28)5)19-18-29(13-2)34(39)24-33(38)26(4)16-15-17-32-31(14-3)36(8,9)22-23-37(32,10)11;2*1-2/h13,16-19,28H,2,4-5,12,14,20-25H2,1,3,6-11H3;2*1-2H3/b29-18+,30-19-;;. The number of rotatable bonds is 10. The Hall–Kier alpha value is -2.70. The summed E-state index contributed by atoms with van der Waals surface area (Å²) in [5.74, 6) is -0.0733. The number of ketones is 2. The first-order valence-corrected chi connectivity index (χ1v) is 16.7. The summed E-state index contributed by atoms with van der Waals surface area (Å²) in [5, 5.41) is 0. The Morgan fingerprint density at radius 1 is 0.930 bits per heavy atom. The topological polar surface area (TPSA) is 34.1 Å². The van der Waals surface area contributed by atoms with Crippen molar-refractivity contribution in [3.63, 3.8) is 0 Å². The van der Waals surface area contributed by atoms with Crippen molar-refractivity contribution in [2.75, 3.05) is 0 Å². The maximum absolute atomic E-state index is 13.0. The van der Waals surface area contributed by atoms with Gasteiger partial charge in [0.05, 0.1) is 6.42 Å². The number of hydrogen-bond acceptors (Lipinski definition) is 2. The summed E-state index contributed by atoms with van der Waals surface area (Å²) in [4.78, 5) is 25.9. The smallest absolute Gasteiger partial charge is 0.170 e. The predicted octanol–water partition coefficient (Wildman–Crippen LogP) is 12.2. The molecule has 0 bridgehead atoms. The fourth-order valence-electron chi connectivity index (χ4n) is 6.10. The van der Waals surface area contributed by atoms with E-state index in [1.165, 1.54) is 28.7 Å². The van der Waals surface area contributed by atoms with Gasteiger partial charge in [0.25, 0.3) is 0 Å². The Labute approximate surface area is 266 Å². The highest BCUT2D eigenvalue weighted by atomic mass is 16.1. The fourth-order valence-corrected chi connectivity index (χ4v) is 6.10. The monoisotopic (exact) mass is 588 g/mol. The molecule has 0 aromatic heterocycles. The molecule has 0 aromatic rings. The van der Waals surface area contributed by atoms with Crippen LogP contribution in [0.15, 0.2) is 89.3 Å². The average Bonchev–Trinajstić information content (AvgIpc) is 3.07. The van der Waals surface area contributed by atoms with Crippen LogP contribution in [-0.4, -0.2) is 11.6 Å². The third-order valence-corrected chi connectivity index (χ3v) is 9.01. The molecule has 0 N–H and O–H groups in total. The summed E-state index contributed by atoms with van der Waals surface area (Å²) >= 11 is 0. The summed E-state index contributed by atoms with van der Waals surface area (Å²) in [6.45, 7) is 38.3. The second-order valence-electron chi connectivity index (χ2n) is 13.5. The molecule has 0 amide bonds. The van der Waals surface area contributed by atoms with E-state index in [4.69, 9.17) is 0 Å². The molecule has 0 spiro atoms. The minimum absolute atomic E-state index is 0.0657. The molecular weight excluding hydrogens is 524 g/mol. The molecule has 1 saturated carbocycles. The van der Waals surface area contributed by atoms with Gasteiger partial charge in [-0.05, 0) is 96.0 Å². The van der Waals surface area contributed by atoms with Gasteiger partial charge in [0.2, 0.25) is 0 Å². The van der Waals surface area contributed by atoms with E-state index in [1.54, 1.807) is 18.2 Å². The molecule has 0 aromatic carbocycles. The van der Waals surface area contributed by atoms with Crippen molar-refractivity contribution in [2.24, 2.45) is 22.2 Å². The summed E-state index contributed by atoms with van der Waals surface area (Å²) in [5.41, 5.74) is 9.47. The zero-order chi connectivity index (χ0) is 33.6. The third kappa shape index (κ3) is 11.7. The second-order valence-corrected chi connectivity index (χ2v) is 13.5. The lowest BCUT2D eigenvalue weighted by molar-refractivity contribution is -0.122. The zero-order valence-electron chi connectivity index (χ0n) is 30.1. The van der Waals surface area contributed by atoms with E-state index in [9.17, 15) is 9.59 Å². The highest BCUT2D eigenvalue weighted by Crippen LogP contribution is 2.50. The van der Waals surface area contributed by atoms with Gasteiger partial charge in [-0.1, -0.05) is 127 Å². The van der Waals surface area contributed by atoms with Gasteiger partial charge in [-0.3, -0.25) is 9.59 Å². The summed E-state index contributed by atoms with van der Waals surface area (Å²) in [6.07, 6.45) is 16.3. The first-order chi connectivity index (χ1) is 20.1. The molecule has 240 valence electrons. The number of allylic oxidation sites excluding steroid dienone is 10. The molecule has 0 heterocycles. The van der Waals surface area contributed by atoms with Crippen LogP contribution < -0.4 is 0 Å². The van der Waals surface area contributed by atoms with E-state index < -0.39 is 0 Å². The third-order valence-electron chi connectivity index (χ3n) is 9.01. The molecule has 0 saturated heterocycles. The minimum Gasteiger partial charge on any atom is -0.294 e. The molecule has 2 heteroatoms. The van der Waals surface area contributed by atoms with Crippen LogP contribution in [-0.2, 0) is 9.59 Å². The van der Waals surface area contributed by atoms with Crippen LogP contribution in [0, 0.1) is 22.2 Å². The summed E-state index contributed by atoms with van der Waals surface area (Å²) in [6, 6.07) is 0. The van der Waals surface area contributed by atoms with Crippen LogP contribution in [0.1, 0.15) is 134 Å². The van der Waals surface area contributed by atoms with Gasteiger partial charge in [0, 0.05) is 11.1 Å². The van der Waals surface area contributed by atoms with Crippen molar-refractivity contribution in [3.05, 3.63) is 89.3 Å². The number of carbonyl (C=O) groups excluding carboxylic acids is 2. The Bertz CT molecular complexity index is 1170. The Kier molecular flexibility index (Phi) is 17.0. The van der Waals surface area contributed by atoms with Crippen LogP contribution in [0.3, 0.4) is 0 Å². The largest absolute Gasteiger partial charge is 0.294 e. The van der Waals surface area contributed by atoms with Gasteiger partial charge in [-0.15, -0.1) is 5.73 Å². The van der Waals surface area contributed by atoms with E-state index in [2.05, 4.69) is 80.9 Å². The number of carbonyl (C=O) groups is 2. The maximum Gasteiger partial charge on any atom is 0.170 e. The molecule has 1 fully saturated rings. The van der Waals surface area contributed by atoms with E-state index in [-0.39, 0.29) is 39.8 Å². The first kappa shape index (κ1) is 40.3. The molecular formula is C41H64O2.